The topological polar surface area (TPSA) is 29.5 Å². The van der Waals surface area contributed by atoms with Crippen LogP contribution in [0.1, 0.15) is 25.8 Å². The molecule has 0 amide bonds. The zero-order chi connectivity index (χ0) is 10.6. The van der Waals surface area contributed by atoms with E-state index >= 15 is 0 Å². The molecule has 1 rings (SSSR count). The standard InChI is InChI=1S/C12H18O2/c1-10-5-4-6-11(9-10)14-8-7-12(2,3)13/h4-6,9,13H,7-8H2,1-3H3. The molecule has 1 N–H and O–H groups in total. The maximum Gasteiger partial charge on any atom is 0.119 e. The van der Waals surface area contributed by atoms with Crippen molar-refractivity contribution in [2.45, 2.75) is 32.8 Å². The van der Waals surface area contributed by atoms with Crippen molar-refractivity contribution in [2.24, 2.45) is 0 Å². The molecule has 78 valence electrons. The molecule has 2 heteroatoms. The van der Waals surface area contributed by atoms with Gasteiger partial charge in [0, 0.05) is 6.42 Å². The Balaban J connectivity index is 2.39. The summed E-state index contributed by atoms with van der Waals surface area (Å²) in [5.41, 5.74) is 0.537. The average molecular weight is 194 g/mol. The summed E-state index contributed by atoms with van der Waals surface area (Å²) in [4.78, 5) is 0. The van der Waals surface area contributed by atoms with Gasteiger partial charge in [-0.15, -0.1) is 0 Å². The zero-order valence-electron chi connectivity index (χ0n) is 9.08. The Morgan fingerprint density at radius 2 is 2.07 bits per heavy atom. The maximum atomic E-state index is 9.47. The Morgan fingerprint density at radius 3 is 2.64 bits per heavy atom. The highest BCUT2D eigenvalue weighted by molar-refractivity contribution is 5.27. The molecule has 1 aromatic rings. The van der Waals surface area contributed by atoms with Crippen molar-refractivity contribution in [3.63, 3.8) is 0 Å². The van der Waals surface area contributed by atoms with Crippen molar-refractivity contribution in [1.82, 2.24) is 0 Å². The Morgan fingerprint density at radius 1 is 1.36 bits per heavy atom. The van der Waals surface area contributed by atoms with Crippen LogP contribution in [0.25, 0.3) is 0 Å². The van der Waals surface area contributed by atoms with E-state index < -0.39 is 5.60 Å². The lowest BCUT2D eigenvalue weighted by atomic mass is 10.1. The van der Waals surface area contributed by atoms with Crippen molar-refractivity contribution in [2.75, 3.05) is 6.61 Å². The summed E-state index contributed by atoms with van der Waals surface area (Å²) >= 11 is 0. The summed E-state index contributed by atoms with van der Waals surface area (Å²) in [6, 6.07) is 7.92. The molecule has 0 saturated carbocycles. The van der Waals surface area contributed by atoms with E-state index in [1.807, 2.05) is 31.2 Å². The van der Waals surface area contributed by atoms with Crippen molar-refractivity contribution in [3.8, 4) is 5.75 Å². The fraction of sp³-hybridized carbons (Fsp3) is 0.500. The van der Waals surface area contributed by atoms with Gasteiger partial charge in [0.15, 0.2) is 0 Å². The predicted molar refractivity (Wildman–Crippen MR) is 57.6 cm³/mol. The molecular formula is C12H18O2. The molecule has 14 heavy (non-hydrogen) atoms. The smallest absolute Gasteiger partial charge is 0.119 e. The molecule has 0 aliphatic rings. The summed E-state index contributed by atoms with van der Waals surface area (Å²) in [5, 5.41) is 9.47. The van der Waals surface area contributed by atoms with Crippen LogP contribution in [-0.4, -0.2) is 17.3 Å². The minimum atomic E-state index is -0.649. The summed E-state index contributed by atoms with van der Waals surface area (Å²) in [6.45, 7) is 6.15. The predicted octanol–water partition coefficient (Wildman–Crippen LogP) is 2.53. The molecule has 0 unspecified atom stereocenters. The van der Waals surface area contributed by atoms with Crippen LogP contribution < -0.4 is 4.74 Å². The third-order valence-electron chi connectivity index (χ3n) is 1.97. The Labute approximate surface area is 85.5 Å². The second-order valence-electron chi connectivity index (χ2n) is 4.23. The number of hydrogen-bond donors (Lipinski definition) is 1. The Kier molecular flexibility index (Phi) is 3.53. The van der Waals surface area contributed by atoms with E-state index in [1.54, 1.807) is 13.8 Å². The molecule has 0 bridgehead atoms. The lowest BCUT2D eigenvalue weighted by Crippen LogP contribution is -2.21. The quantitative estimate of drug-likeness (QED) is 0.798. The third kappa shape index (κ3) is 4.28. The molecule has 0 aromatic heterocycles. The number of rotatable bonds is 4. The number of aryl methyl sites for hydroxylation is 1. The van der Waals surface area contributed by atoms with Gasteiger partial charge >= 0.3 is 0 Å². The molecule has 2 nitrogen and oxygen atoms in total. The van der Waals surface area contributed by atoms with Crippen LogP contribution in [0.15, 0.2) is 24.3 Å². The second-order valence-corrected chi connectivity index (χ2v) is 4.23. The molecule has 0 radical (unpaired) electrons. The lowest BCUT2D eigenvalue weighted by Gasteiger charge is -2.17. The van der Waals surface area contributed by atoms with Gasteiger partial charge in [-0.1, -0.05) is 12.1 Å². The van der Waals surface area contributed by atoms with Crippen molar-refractivity contribution in [1.29, 1.82) is 0 Å². The summed E-state index contributed by atoms with van der Waals surface area (Å²) in [6.07, 6.45) is 0.640. The number of ether oxygens (including phenoxy) is 1. The summed E-state index contributed by atoms with van der Waals surface area (Å²) in [5.74, 6) is 0.870. The normalized spacial score (nSPS) is 11.4. The first-order valence-corrected chi connectivity index (χ1v) is 4.89. The van der Waals surface area contributed by atoms with Crippen molar-refractivity contribution >= 4 is 0 Å². The minimum Gasteiger partial charge on any atom is -0.493 e. The van der Waals surface area contributed by atoms with Crippen molar-refractivity contribution < 1.29 is 9.84 Å². The summed E-state index contributed by atoms with van der Waals surface area (Å²) in [7, 11) is 0. The lowest BCUT2D eigenvalue weighted by molar-refractivity contribution is 0.0553. The molecule has 0 spiro atoms. The Hall–Kier alpha value is -1.02. The van der Waals surface area contributed by atoms with Crippen LogP contribution in [0.5, 0.6) is 5.75 Å². The van der Waals surface area contributed by atoms with E-state index in [1.165, 1.54) is 5.56 Å². The van der Waals surface area contributed by atoms with E-state index in [0.29, 0.717) is 13.0 Å². The highest BCUT2D eigenvalue weighted by Crippen LogP contribution is 2.14. The molecule has 0 atom stereocenters. The van der Waals surface area contributed by atoms with Gasteiger partial charge in [0.1, 0.15) is 5.75 Å². The first-order valence-electron chi connectivity index (χ1n) is 4.89. The maximum absolute atomic E-state index is 9.47. The van der Waals surface area contributed by atoms with Crippen LogP contribution in [0.2, 0.25) is 0 Å². The van der Waals surface area contributed by atoms with Crippen LogP contribution in [-0.2, 0) is 0 Å². The van der Waals surface area contributed by atoms with Gasteiger partial charge in [-0.05, 0) is 38.5 Å². The van der Waals surface area contributed by atoms with Gasteiger partial charge in [0.05, 0.1) is 12.2 Å². The number of benzene rings is 1. The Bertz CT molecular complexity index is 287. The van der Waals surface area contributed by atoms with Crippen LogP contribution in [0, 0.1) is 6.92 Å². The fourth-order valence-electron chi connectivity index (χ4n) is 1.12. The van der Waals surface area contributed by atoms with Crippen LogP contribution in [0.4, 0.5) is 0 Å². The molecule has 0 saturated heterocycles. The largest absolute Gasteiger partial charge is 0.493 e. The first-order chi connectivity index (χ1) is 6.47. The average Bonchev–Trinajstić information content (AvgIpc) is 2.01. The third-order valence-corrected chi connectivity index (χ3v) is 1.97. The SMILES string of the molecule is Cc1cccc(OCCC(C)(C)O)c1. The molecule has 0 fully saturated rings. The second kappa shape index (κ2) is 4.47. The van der Waals surface area contributed by atoms with Crippen molar-refractivity contribution in [3.05, 3.63) is 29.8 Å². The highest BCUT2D eigenvalue weighted by Gasteiger charge is 2.11. The van der Waals surface area contributed by atoms with E-state index in [-0.39, 0.29) is 0 Å². The van der Waals surface area contributed by atoms with E-state index in [9.17, 15) is 5.11 Å². The van der Waals surface area contributed by atoms with E-state index in [0.717, 1.165) is 5.75 Å². The van der Waals surface area contributed by atoms with Crippen LogP contribution >= 0.6 is 0 Å². The van der Waals surface area contributed by atoms with Gasteiger partial charge in [-0.25, -0.2) is 0 Å². The highest BCUT2D eigenvalue weighted by atomic mass is 16.5. The molecule has 0 aliphatic carbocycles. The van der Waals surface area contributed by atoms with Crippen LogP contribution in [0.3, 0.4) is 0 Å². The minimum absolute atomic E-state index is 0.549. The molecule has 1 aromatic carbocycles. The summed E-state index contributed by atoms with van der Waals surface area (Å²) < 4.78 is 5.50. The zero-order valence-corrected chi connectivity index (χ0v) is 9.08. The molecular weight excluding hydrogens is 176 g/mol. The van der Waals surface area contributed by atoms with Gasteiger partial charge in [-0.2, -0.15) is 0 Å². The van der Waals surface area contributed by atoms with Gasteiger partial charge in [-0.3, -0.25) is 0 Å². The monoisotopic (exact) mass is 194 g/mol. The number of aliphatic hydroxyl groups is 1. The molecule has 0 heterocycles. The number of hydrogen-bond acceptors (Lipinski definition) is 2. The van der Waals surface area contributed by atoms with E-state index in [4.69, 9.17) is 4.74 Å². The van der Waals surface area contributed by atoms with E-state index in [2.05, 4.69) is 0 Å². The van der Waals surface area contributed by atoms with Gasteiger partial charge < -0.3 is 9.84 Å². The van der Waals surface area contributed by atoms with Gasteiger partial charge in [0.2, 0.25) is 0 Å². The molecule has 0 aliphatic heterocycles. The fourth-order valence-corrected chi connectivity index (χ4v) is 1.12. The first kappa shape index (κ1) is 11.1. The van der Waals surface area contributed by atoms with Gasteiger partial charge in [0.25, 0.3) is 0 Å².